The minimum Gasteiger partial charge on any atom is -0.493 e. The maximum atomic E-state index is 12.4. The zero-order valence-electron chi connectivity index (χ0n) is 22.4. The van der Waals surface area contributed by atoms with Crippen molar-refractivity contribution in [3.8, 4) is 11.5 Å². The summed E-state index contributed by atoms with van der Waals surface area (Å²) in [6, 6.07) is 6.43. The van der Waals surface area contributed by atoms with Crippen molar-refractivity contribution in [2.75, 3.05) is 33.4 Å². The predicted molar refractivity (Wildman–Crippen MR) is 142 cm³/mol. The smallest absolute Gasteiger partial charge is 0.220 e. The van der Waals surface area contributed by atoms with E-state index < -0.39 is 0 Å². The van der Waals surface area contributed by atoms with Crippen LogP contribution in [0.1, 0.15) is 97.0 Å². The molecule has 1 fully saturated rings. The molecule has 1 amide bonds. The Balaban J connectivity index is 1.78. The second-order valence-corrected chi connectivity index (χ2v) is 10.1. The van der Waals surface area contributed by atoms with Crippen LogP contribution in [0.4, 0.5) is 0 Å². The number of aryl methyl sites for hydroxylation is 1. The summed E-state index contributed by atoms with van der Waals surface area (Å²) in [6.07, 6.45) is 13.5. The largest absolute Gasteiger partial charge is 0.493 e. The van der Waals surface area contributed by atoms with Crippen LogP contribution >= 0.6 is 0 Å². The number of rotatable bonds is 17. The number of carbonyl (C=O) groups excluding carboxylic acids is 1. The summed E-state index contributed by atoms with van der Waals surface area (Å²) in [5.74, 6) is 2.49. The number of hydrogen-bond acceptors (Lipinski definition) is 4. The van der Waals surface area contributed by atoms with Gasteiger partial charge in [-0.3, -0.25) is 9.69 Å². The maximum Gasteiger partial charge on any atom is 0.220 e. The fraction of sp³-hybridized carbons (Fsp3) is 0.759. The number of unbranched alkanes of at least 4 members (excludes halogenated alkanes) is 4. The summed E-state index contributed by atoms with van der Waals surface area (Å²) in [5, 5.41) is 3.22. The molecule has 0 aliphatic heterocycles. The molecule has 1 aromatic rings. The van der Waals surface area contributed by atoms with Gasteiger partial charge in [0.15, 0.2) is 11.5 Å². The summed E-state index contributed by atoms with van der Waals surface area (Å²) >= 11 is 0. The van der Waals surface area contributed by atoms with Gasteiger partial charge in [-0.05, 0) is 81.6 Å². The van der Waals surface area contributed by atoms with E-state index in [-0.39, 0.29) is 5.91 Å². The average molecular weight is 475 g/mol. The van der Waals surface area contributed by atoms with Crippen molar-refractivity contribution in [3.63, 3.8) is 0 Å². The SMILES string of the molecule is CCCCCN(CCCCC)CCOc1ccc(CCC(=O)N[C@H]2CC[C@H](C)CC2)cc1OC. The molecule has 0 bridgehead atoms. The lowest BCUT2D eigenvalue weighted by atomic mass is 9.87. The van der Waals surface area contributed by atoms with E-state index >= 15 is 0 Å². The van der Waals surface area contributed by atoms with Crippen LogP contribution in [0.3, 0.4) is 0 Å². The van der Waals surface area contributed by atoms with Gasteiger partial charge in [0, 0.05) is 19.0 Å². The van der Waals surface area contributed by atoms with Gasteiger partial charge in [0.05, 0.1) is 7.11 Å². The third kappa shape index (κ3) is 11.1. The van der Waals surface area contributed by atoms with Crippen LogP contribution < -0.4 is 14.8 Å². The van der Waals surface area contributed by atoms with Crippen LogP contribution in [0.5, 0.6) is 11.5 Å². The lowest BCUT2D eigenvalue weighted by Crippen LogP contribution is -2.37. The number of benzene rings is 1. The van der Waals surface area contributed by atoms with Gasteiger partial charge in [-0.1, -0.05) is 52.5 Å². The van der Waals surface area contributed by atoms with E-state index in [1.165, 1.54) is 51.4 Å². The monoisotopic (exact) mass is 474 g/mol. The van der Waals surface area contributed by atoms with Crippen molar-refractivity contribution < 1.29 is 14.3 Å². The first-order chi connectivity index (χ1) is 16.5. The van der Waals surface area contributed by atoms with Crippen LogP contribution in [-0.4, -0.2) is 50.2 Å². The van der Waals surface area contributed by atoms with Crippen LogP contribution in [0, 0.1) is 5.92 Å². The van der Waals surface area contributed by atoms with Gasteiger partial charge < -0.3 is 14.8 Å². The van der Waals surface area contributed by atoms with E-state index in [4.69, 9.17) is 9.47 Å². The summed E-state index contributed by atoms with van der Waals surface area (Å²) < 4.78 is 11.7. The number of hydrogen-bond donors (Lipinski definition) is 1. The first-order valence-electron chi connectivity index (χ1n) is 13.9. The second kappa shape index (κ2) is 16.8. The molecule has 1 aromatic carbocycles. The summed E-state index contributed by atoms with van der Waals surface area (Å²) in [7, 11) is 1.69. The Morgan fingerprint density at radius 1 is 0.971 bits per heavy atom. The van der Waals surface area contributed by atoms with Crippen molar-refractivity contribution in [3.05, 3.63) is 23.8 Å². The van der Waals surface area contributed by atoms with Crippen LogP contribution in [0.15, 0.2) is 18.2 Å². The van der Waals surface area contributed by atoms with E-state index in [2.05, 4.69) is 37.1 Å². The third-order valence-electron chi connectivity index (χ3n) is 7.07. The highest BCUT2D eigenvalue weighted by Crippen LogP contribution is 2.29. The zero-order chi connectivity index (χ0) is 24.6. The van der Waals surface area contributed by atoms with Crippen molar-refractivity contribution in [2.45, 2.75) is 104 Å². The molecular formula is C29H50N2O3. The highest BCUT2D eigenvalue weighted by Gasteiger charge is 2.19. The molecule has 0 unspecified atom stereocenters. The average Bonchev–Trinajstić information content (AvgIpc) is 2.84. The fourth-order valence-corrected chi connectivity index (χ4v) is 4.74. The Morgan fingerprint density at radius 3 is 2.26 bits per heavy atom. The molecule has 1 aliphatic carbocycles. The molecule has 2 rings (SSSR count). The topological polar surface area (TPSA) is 50.8 Å². The van der Waals surface area contributed by atoms with Gasteiger partial charge in [0.2, 0.25) is 5.91 Å². The summed E-state index contributed by atoms with van der Waals surface area (Å²) in [6.45, 7) is 10.7. The molecular weight excluding hydrogens is 424 g/mol. The molecule has 0 saturated heterocycles. The molecule has 0 atom stereocenters. The number of nitrogens with one attached hydrogen (secondary N) is 1. The normalized spacial score (nSPS) is 18.1. The predicted octanol–water partition coefficient (Wildman–Crippen LogP) is 6.38. The van der Waals surface area contributed by atoms with Gasteiger partial charge in [-0.15, -0.1) is 0 Å². The molecule has 1 saturated carbocycles. The number of carbonyl (C=O) groups is 1. The zero-order valence-corrected chi connectivity index (χ0v) is 22.4. The summed E-state index contributed by atoms with van der Waals surface area (Å²) in [5.41, 5.74) is 1.11. The molecule has 194 valence electrons. The highest BCUT2D eigenvalue weighted by molar-refractivity contribution is 5.76. The van der Waals surface area contributed by atoms with Crippen molar-refractivity contribution >= 4 is 5.91 Å². The standard InChI is InChI=1S/C29H50N2O3/c1-5-7-9-19-31(20-10-8-6-2)21-22-34-27-17-13-25(23-28(27)33-4)14-18-29(32)30-26-15-11-24(3)12-16-26/h13,17,23-24,26H,5-12,14-16,18-22H2,1-4H3,(H,30,32)/t24-,26-. The van der Waals surface area contributed by atoms with Gasteiger partial charge in [0.1, 0.15) is 6.61 Å². The third-order valence-corrected chi connectivity index (χ3v) is 7.07. The molecule has 0 heterocycles. The molecule has 34 heavy (non-hydrogen) atoms. The van der Waals surface area contributed by atoms with E-state index in [9.17, 15) is 4.79 Å². The minimum atomic E-state index is 0.157. The van der Waals surface area contributed by atoms with Crippen LogP contribution in [0.2, 0.25) is 0 Å². The van der Waals surface area contributed by atoms with Crippen molar-refractivity contribution in [1.29, 1.82) is 0 Å². The molecule has 1 aliphatic rings. The van der Waals surface area contributed by atoms with Gasteiger partial charge in [0.25, 0.3) is 0 Å². The molecule has 0 radical (unpaired) electrons. The van der Waals surface area contributed by atoms with Crippen LogP contribution in [-0.2, 0) is 11.2 Å². The molecule has 1 N–H and O–H groups in total. The minimum absolute atomic E-state index is 0.157. The number of methoxy groups -OCH3 is 1. The van der Waals surface area contributed by atoms with E-state index in [0.29, 0.717) is 25.5 Å². The first-order valence-corrected chi connectivity index (χ1v) is 13.9. The van der Waals surface area contributed by atoms with E-state index in [1.807, 2.05) is 12.1 Å². The first kappa shape index (κ1) is 28.5. The quantitative estimate of drug-likeness (QED) is 0.266. The van der Waals surface area contributed by atoms with Gasteiger partial charge in [-0.25, -0.2) is 0 Å². The molecule has 5 nitrogen and oxygen atoms in total. The van der Waals surface area contributed by atoms with E-state index in [1.54, 1.807) is 7.11 Å². The van der Waals surface area contributed by atoms with Gasteiger partial charge >= 0.3 is 0 Å². The highest BCUT2D eigenvalue weighted by atomic mass is 16.5. The Morgan fingerprint density at radius 2 is 1.65 bits per heavy atom. The summed E-state index contributed by atoms with van der Waals surface area (Å²) in [4.78, 5) is 14.9. The molecule has 0 spiro atoms. The maximum absolute atomic E-state index is 12.4. The van der Waals surface area contributed by atoms with Crippen molar-refractivity contribution in [2.24, 2.45) is 5.92 Å². The Kier molecular flexibility index (Phi) is 14.1. The second-order valence-electron chi connectivity index (χ2n) is 10.1. The number of ether oxygens (including phenoxy) is 2. The Labute approximate surface area is 209 Å². The van der Waals surface area contributed by atoms with Gasteiger partial charge in [-0.2, -0.15) is 0 Å². The molecule has 5 heteroatoms. The number of nitrogens with zero attached hydrogens (tertiary/aromatic N) is 1. The fourth-order valence-electron chi connectivity index (χ4n) is 4.74. The Bertz CT molecular complexity index is 676. The lowest BCUT2D eigenvalue weighted by Gasteiger charge is -2.26. The van der Waals surface area contributed by atoms with Crippen molar-refractivity contribution in [1.82, 2.24) is 10.2 Å². The molecule has 0 aromatic heterocycles. The van der Waals surface area contributed by atoms with E-state index in [0.717, 1.165) is 55.5 Å². The number of amides is 1. The lowest BCUT2D eigenvalue weighted by molar-refractivity contribution is -0.122. The van der Waals surface area contributed by atoms with Crippen LogP contribution in [0.25, 0.3) is 0 Å². The Hall–Kier alpha value is -1.75.